The molecule has 0 bridgehead atoms. The van der Waals surface area contributed by atoms with Gasteiger partial charge >= 0.3 is 0 Å². The van der Waals surface area contributed by atoms with E-state index >= 15 is 0 Å². The Labute approximate surface area is 92.9 Å². The largest absolute Gasteiger partial charge is 0.399 e. The van der Waals surface area contributed by atoms with Gasteiger partial charge in [0.1, 0.15) is 0 Å². The summed E-state index contributed by atoms with van der Waals surface area (Å²) in [6.07, 6.45) is 5.66. The zero-order valence-electron chi connectivity index (χ0n) is 10.2. The Balaban J connectivity index is 4.30. The number of allylic oxidation sites excluding steroid dienone is 4. The summed E-state index contributed by atoms with van der Waals surface area (Å²) in [4.78, 5) is 2.13. The number of hydrogen-bond donors (Lipinski definition) is 1. The number of rotatable bonds is 6. The average Bonchev–Trinajstić information content (AvgIpc) is 2.24. The Morgan fingerprint density at radius 1 is 1.53 bits per heavy atom. The second-order valence-corrected chi connectivity index (χ2v) is 3.61. The van der Waals surface area contributed by atoms with Crippen LogP contribution in [-0.2, 0) is 4.74 Å². The molecule has 86 valence electrons. The molecule has 0 rings (SSSR count). The fourth-order valence-electron chi connectivity index (χ4n) is 1.02. The Hall–Kier alpha value is -1.22. The molecule has 0 heterocycles. The maximum atomic E-state index is 5.60. The van der Waals surface area contributed by atoms with E-state index in [1.807, 2.05) is 33.0 Å². The van der Waals surface area contributed by atoms with Crippen molar-refractivity contribution in [1.29, 1.82) is 0 Å². The van der Waals surface area contributed by atoms with Gasteiger partial charge in [-0.15, -0.1) is 0 Å². The van der Waals surface area contributed by atoms with Crippen molar-refractivity contribution in [1.82, 2.24) is 4.90 Å². The fourth-order valence-corrected chi connectivity index (χ4v) is 1.02. The van der Waals surface area contributed by atoms with Crippen molar-refractivity contribution in [2.45, 2.75) is 20.0 Å². The summed E-state index contributed by atoms with van der Waals surface area (Å²) in [5, 5.41) is 0. The molecule has 0 aliphatic heterocycles. The van der Waals surface area contributed by atoms with Gasteiger partial charge in [-0.3, -0.25) is 0 Å². The van der Waals surface area contributed by atoms with Crippen molar-refractivity contribution < 1.29 is 4.74 Å². The maximum absolute atomic E-state index is 5.60. The second kappa shape index (κ2) is 7.12. The Morgan fingerprint density at radius 3 is 2.60 bits per heavy atom. The Kier molecular flexibility index (Phi) is 6.54. The zero-order chi connectivity index (χ0) is 11.8. The molecule has 15 heavy (non-hydrogen) atoms. The van der Waals surface area contributed by atoms with Gasteiger partial charge in [0.25, 0.3) is 0 Å². The van der Waals surface area contributed by atoms with Crippen molar-refractivity contribution in [3.63, 3.8) is 0 Å². The molecule has 0 aromatic carbocycles. The average molecular weight is 210 g/mol. The molecule has 0 spiro atoms. The lowest BCUT2D eigenvalue weighted by Crippen LogP contribution is -2.27. The van der Waals surface area contributed by atoms with E-state index in [1.54, 1.807) is 13.2 Å². The van der Waals surface area contributed by atoms with Crippen LogP contribution < -0.4 is 5.73 Å². The van der Waals surface area contributed by atoms with Gasteiger partial charge in [0.2, 0.25) is 0 Å². The molecular formula is C12H22N2O. The number of hydrogen-bond acceptors (Lipinski definition) is 3. The van der Waals surface area contributed by atoms with E-state index < -0.39 is 0 Å². The predicted octanol–water partition coefficient (Wildman–Crippen LogP) is 1.89. The maximum Gasteiger partial charge on any atom is 0.0717 e. The van der Waals surface area contributed by atoms with E-state index in [9.17, 15) is 0 Å². The third-order valence-electron chi connectivity index (χ3n) is 2.29. The normalized spacial score (nSPS) is 14.9. The Bertz CT molecular complexity index is 256. The van der Waals surface area contributed by atoms with Crippen LogP contribution in [0.5, 0.6) is 0 Å². The van der Waals surface area contributed by atoms with E-state index in [0.717, 1.165) is 12.2 Å². The molecule has 0 unspecified atom stereocenters. The lowest BCUT2D eigenvalue weighted by Gasteiger charge is -2.22. The standard InChI is InChI=1S/C12H22N2O/c1-6-12(13)8-7-10(2)14(4)9-11(3)15-5/h6-8,11H,1,9,13H2,2-5H3/b10-7+,12-8+/t11-/m1/s1. The molecule has 0 fully saturated rings. The summed E-state index contributed by atoms with van der Waals surface area (Å²) in [5.41, 5.74) is 7.42. The van der Waals surface area contributed by atoms with Crippen LogP contribution >= 0.6 is 0 Å². The number of methoxy groups -OCH3 is 1. The smallest absolute Gasteiger partial charge is 0.0717 e. The van der Waals surface area contributed by atoms with Crippen molar-refractivity contribution in [2.24, 2.45) is 5.73 Å². The first-order chi connectivity index (χ1) is 7.01. The molecule has 2 N–H and O–H groups in total. The first-order valence-electron chi connectivity index (χ1n) is 5.01. The van der Waals surface area contributed by atoms with Crippen molar-refractivity contribution in [2.75, 3.05) is 20.7 Å². The van der Waals surface area contributed by atoms with Crippen LogP contribution in [0.25, 0.3) is 0 Å². The van der Waals surface area contributed by atoms with E-state index in [4.69, 9.17) is 10.5 Å². The van der Waals surface area contributed by atoms with Gasteiger partial charge in [-0.1, -0.05) is 6.58 Å². The minimum Gasteiger partial charge on any atom is -0.399 e. The van der Waals surface area contributed by atoms with Gasteiger partial charge in [0, 0.05) is 32.1 Å². The highest BCUT2D eigenvalue weighted by Crippen LogP contribution is 2.03. The van der Waals surface area contributed by atoms with Crippen molar-refractivity contribution in [3.8, 4) is 0 Å². The highest BCUT2D eigenvalue weighted by atomic mass is 16.5. The van der Waals surface area contributed by atoms with E-state index in [1.165, 1.54) is 0 Å². The van der Waals surface area contributed by atoms with Gasteiger partial charge in [-0.25, -0.2) is 0 Å². The SMILES string of the molecule is C=C/C(N)=C\C=C(/C)N(C)C[C@@H](C)OC. The summed E-state index contributed by atoms with van der Waals surface area (Å²) < 4.78 is 5.19. The van der Waals surface area contributed by atoms with E-state index in [0.29, 0.717) is 5.70 Å². The molecule has 3 heteroatoms. The summed E-state index contributed by atoms with van der Waals surface area (Å²) in [6.45, 7) is 8.53. The Morgan fingerprint density at radius 2 is 2.13 bits per heavy atom. The monoisotopic (exact) mass is 210 g/mol. The van der Waals surface area contributed by atoms with Crippen molar-refractivity contribution in [3.05, 3.63) is 36.2 Å². The first-order valence-corrected chi connectivity index (χ1v) is 5.01. The van der Waals surface area contributed by atoms with Crippen LogP contribution in [0, 0.1) is 0 Å². The summed E-state index contributed by atoms with van der Waals surface area (Å²) in [5.74, 6) is 0. The topological polar surface area (TPSA) is 38.5 Å². The van der Waals surface area contributed by atoms with Gasteiger partial charge < -0.3 is 15.4 Å². The van der Waals surface area contributed by atoms with Gasteiger partial charge in [-0.2, -0.15) is 0 Å². The number of nitrogens with two attached hydrogens (primary N) is 1. The van der Waals surface area contributed by atoms with E-state index in [-0.39, 0.29) is 6.10 Å². The van der Waals surface area contributed by atoms with Crippen LogP contribution in [-0.4, -0.2) is 31.7 Å². The summed E-state index contributed by atoms with van der Waals surface area (Å²) in [6, 6.07) is 0. The highest BCUT2D eigenvalue weighted by Gasteiger charge is 2.04. The zero-order valence-corrected chi connectivity index (χ0v) is 10.2. The first kappa shape index (κ1) is 13.8. The lowest BCUT2D eigenvalue weighted by atomic mass is 10.3. The quantitative estimate of drug-likeness (QED) is 0.680. The number of likely N-dealkylation sites (N-methyl/N-ethyl adjacent to an activating group) is 1. The summed E-state index contributed by atoms with van der Waals surface area (Å²) in [7, 11) is 3.74. The molecule has 1 atom stereocenters. The second-order valence-electron chi connectivity index (χ2n) is 3.61. The molecule has 0 aromatic heterocycles. The van der Waals surface area contributed by atoms with E-state index in [2.05, 4.69) is 11.5 Å². The highest BCUT2D eigenvalue weighted by molar-refractivity contribution is 5.20. The molecule has 0 amide bonds. The van der Waals surface area contributed by atoms with Crippen LogP contribution in [0.1, 0.15) is 13.8 Å². The number of nitrogens with zero attached hydrogens (tertiary/aromatic N) is 1. The van der Waals surface area contributed by atoms with Gasteiger partial charge in [-0.05, 0) is 32.1 Å². The molecule has 0 saturated carbocycles. The molecule has 0 saturated heterocycles. The molecule has 0 radical (unpaired) electrons. The third kappa shape index (κ3) is 5.96. The minimum absolute atomic E-state index is 0.221. The molecule has 3 nitrogen and oxygen atoms in total. The molecule has 0 aromatic rings. The molecule has 0 aliphatic rings. The van der Waals surface area contributed by atoms with Crippen LogP contribution in [0.2, 0.25) is 0 Å². The van der Waals surface area contributed by atoms with Crippen LogP contribution in [0.15, 0.2) is 36.2 Å². The van der Waals surface area contributed by atoms with Crippen LogP contribution in [0.3, 0.4) is 0 Å². The molecule has 0 aliphatic carbocycles. The predicted molar refractivity (Wildman–Crippen MR) is 65.3 cm³/mol. The molecular weight excluding hydrogens is 188 g/mol. The van der Waals surface area contributed by atoms with Gasteiger partial charge in [0.05, 0.1) is 6.10 Å². The number of ether oxygens (including phenoxy) is 1. The summed E-state index contributed by atoms with van der Waals surface area (Å²) >= 11 is 0. The minimum atomic E-state index is 0.221. The fraction of sp³-hybridized carbons (Fsp3) is 0.500. The van der Waals surface area contributed by atoms with Crippen molar-refractivity contribution >= 4 is 0 Å². The third-order valence-corrected chi connectivity index (χ3v) is 2.29. The van der Waals surface area contributed by atoms with Gasteiger partial charge in [0.15, 0.2) is 0 Å². The lowest BCUT2D eigenvalue weighted by molar-refractivity contribution is 0.0946. The van der Waals surface area contributed by atoms with Crippen LogP contribution in [0.4, 0.5) is 0 Å².